The molecule has 0 radical (unpaired) electrons. The number of aromatic hydroxyl groups is 2. The molecule has 0 saturated carbocycles. The Labute approximate surface area is 90.1 Å². The molecule has 1 aromatic rings. The number of aromatic carboxylic acids is 1. The molecule has 0 heterocycles. The van der Waals surface area contributed by atoms with E-state index in [1.807, 2.05) is 0 Å². The predicted molar refractivity (Wildman–Crippen MR) is 52.1 cm³/mol. The zero-order valence-corrected chi connectivity index (χ0v) is 9.26. The van der Waals surface area contributed by atoms with Crippen molar-refractivity contribution < 1.29 is 20.1 Å². The fourth-order valence-corrected chi connectivity index (χ4v) is 1.69. The molecule has 0 unspecified atom stereocenters. The molecule has 0 aliphatic rings. The van der Waals surface area contributed by atoms with E-state index in [4.69, 9.17) is 10.2 Å². The highest BCUT2D eigenvalue weighted by Crippen LogP contribution is 2.40. The van der Waals surface area contributed by atoms with Gasteiger partial charge in [-0.3, -0.25) is 0 Å². The molecular weight excluding hydrogens is 308 g/mol. The second-order valence-corrected chi connectivity index (χ2v) is 3.87. The van der Waals surface area contributed by atoms with Crippen molar-refractivity contribution in [3.63, 3.8) is 0 Å². The van der Waals surface area contributed by atoms with Crippen LogP contribution in [0.5, 0.6) is 11.5 Å². The molecule has 70 valence electrons. The average Bonchev–Trinajstić information content (AvgIpc) is 1.99. The molecule has 0 amide bonds. The number of carboxylic acids is 1. The van der Waals surface area contributed by atoms with Crippen LogP contribution in [0.25, 0.3) is 0 Å². The Hall–Kier alpha value is -0.750. The van der Waals surface area contributed by atoms with Crippen LogP contribution in [0.3, 0.4) is 0 Å². The van der Waals surface area contributed by atoms with E-state index < -0.39 is 11.7 Å². The summed E-state index contributed by atoms with van der Waals surface area (Å²) in [6.07, 6.45) is 0. The van der Waals surface area contributed by atoms with Gasteiger partial charge in [0.2, 0.25) is 0 Å². The summed E-state index contributed by atoms with van der Waals surface area (Å²) in [6.45, 7) is 0. The molecule has 0 spiro atoms. The number of carbonyl (C=O) groups is 1. The van der Waals surface area contributed by atoms with Gasteiger partial charge in [-0.25, -0.2) is 4.79 Å². The van der Waals surface area contributed by atoms with E-state index >= 15 is 0 Å². The number of hydrogen-bond acceptors (Lipinski definition) is 3. The maximum Gasteiger partial charge on any atom is 0.340 e. The van der Waals surface area contributed by atoms with Gasteiger partial charge in [-0.05, 0) is 37.9 Å². The van der Waals surface area contributed by atoms with Crippen molar-refractivity contribution in [1.82, 2.24) is 0 Å². The number of phenols is 2. The standard InChI is InChI=1S/C7H4Br2O4/c8-2-1-3(10)5(9)6(11)4(2)7(12)13/h1,10-11H,(H,12,13). The first kappa shape index (κ1) is 10.3. The second kappa shape index (κ2) is 3.55. The van der Waals surface area contributed by atoms with Gasteiger partial charge in [0.1, 0.15) is 21.5 Å². The van der Waals surface area contributed by atoms with Crippen LogP contribution < -0.4 is 0 Å². The Kier molecular flexibility index (Phi) is 2.82. The number of halogens is 2. The summed E-state index contributed by atoms with van der Waals surface area (Å²) in [6, 6.07) is 1.19. The van der Waals surface area contributed by atoms with Crippen LogP contribution in [0.2, 0.25) is 0 Å². The van der Waals surface area contributed by atoms with Gasteiger partial charge in [-0.15, -0.1) is 0 Å². The molecule has 0 fully saturated rings. The van der Waals surface area contributed by atoms with E-state index in [-0.39, 0.29) is 20.3 Å². The van der Waals surface area contributed by atoms with Gasteiger partial charge in [-0.2, -0.15) is 0 Å². The Morgan fingerprint density at radius 2 is 1.85 bits per heavy atom. The van der Waals surface area contributed by atoms with E-state index in [9.17, 15) is 9.90 Å². The van der Waals surface area contributed by atoms with Gasteiger partial charge < -0.3 is 15.3 Å². The van der Waals surface area contributed by atoms with Crippen molar-refractivity contribution in [2.75, 3.05) is 0 Å². The first-order chi connectivity index (χ1) is 5.95. The summed E-state index contributed by atoms with van der Waals surface area (Å²) >= 11 is 5.76. The highest BCUT2D eigenvalue weighted by Gasteiger charge is 2.19. The molecule has 6 heteroatoms. The van der Waals surface area contributed by atoms with Crippen LogP contribution in [0.1, 0.15) is 10.4 Å². The van der Waals surface area contributed by atoms with Crippen molar-refractivity contribution in [1.29, 1.82) is 0 Å². The third-order valence-corrected chi connectivity index (χ3v) is 2.79. The summed E-state index contributed by atoms with van der Waals surface area (Å²) < 4.78 is 0.0892. The summed E-state index contributed by atoms with van der Waals surface area (Å²) in [5.74, 6) is -2.00. The average molecular weight is 312 g/mol. The van der Waals surface area contributed by atoms with Crippen LogP contribution in [0, 0.1) is 0 Å². The maximum atomic E-state index is 10.6. The minimum Gasteiger partial charge on any atom is -0.507 e. The van der Waals surface area contributed by atoms with Crippen LogP contribution in [0.4, 0.5) is 0 Å². The number of rotatable bonds is 1. The minimum absolute atomic E-state index is 0.0342. The van der Waals surface area contributed by atoms with Crippen LogP contribution >= 0.6 is 31.9 Å². The van der Waals surface area contributed by atoms with E-state index in [1.165, 1.54) is 6.07 Å². The molecule has 0 saturated heterocycles. The summed E-state index contributed by atoms with van der Waals surface area (Å²) in [7, 11) is 0. The Morgan fingerprint density at radius 3 is 2.31 bits per heavy atom. The topological polar surface area (TPSA) is 77.8 Å². The van der Waals surface area contributed by atoms with Crippen LogP contribution in [-0.2, 0) is 0 Å². The molecule has 0 aromatic heterocycles. The molecule has 3 N–H and O–H groups in total. The molecule has 13 heavy (non-hydrogen) atoms. The van der Waals surface area contributed by atoms with Crippen LogP contribution in [-0.4, -0.2) is 21.3 Å². The monoisotopic (exact) mass is 310 g/mol. The van der Waals surface area contributed by atoms with E-state index in [0.29, 0.717) is 0 Å². The summed E-state index contributed by atoms with van der Waals surface area (Å²) in [5.41, 5.74) is -0.287. The number of phenolic OH excluding ortho intramolecular Hbond substituents is 1. The molecule has 1 aromatic carbocycles. The normalized spacial score (nSPS) is 10.0. The SMILES string of the molecule is O=C(O)c1c(Br)cc(O)c(Br)c1O. The minimum atomic E-state index is -1.27. The first-order valence-corrected chi connectivity index (χ1v) is 4.67. The molecule has 0 bridgehead atoms. The largest absolute Gasteiger partial charge is 0.507 e. The van der Waals surface area contributed by atoms with Crippen molar-refractivity contribution in [2.45, 2.75) is 0 Å². The van der Waals surface area contributed by atoms with Gasteiger partial charge in [0.15, 0.2) is 0 Å². The van der Waals surface area contributed by atoms with Crippen LogP contribution in [0.15, 0.2) is 15.0 Å². The second-order valence-electron chi connectivity index (χ2n) is 2.22. The molecule has 0 aliphatic heterocycles. The number of carboxylic acid groups (broad SMARTS) is 1. The zero-order chi connectivity index (χ0) is 10.2. The lowest BCUT2D eigenvalue weighted by atomic mass is 10.2. The van der Waals surface area contributed by atoms with Gasteiger partial charge in [0.25, 0.3) is 0 Å². The molecule has 4 nitrogen and oxygen atoms in total. The highest BCUT2D eigenvalue weighted by atomic mass is 79.9. The number of hydrogen-bond donors (Lipinski definition) is 3. The van der Waals surface area contributed by atoms with E-state index in [2.05, 4.69) is 31.9 Å². The van der Waals surface area contributed by atoms with Crippen molar-refractivity contribution in [3.8, 4) is 11.5 Å². The Morgan fingerprint density at radius 1 is 1.31 bits per heavy atom. The molecule has 1 rings (SSSR count). The van der Waals surface area contributed by atoms with Crippen molar-refractivity contribution in [3.05, 3.63) is 20.6 Å². The van der Waals surface area contributed by atoms with Gasteiger partial charge in [-0.1, -0.05) is 0 Å². The highest BCUT2D eigenvalue weighted by molar-refractivity contribution is 9.11. The fourth-order valence-electron chi connectivity index (χ4n) is 0.803. The van der Waals surface area contributed by atoms with Gasteiger partial charge >= 0.3 is 5.97 Å². The van der Waals surface area contributed by atoms with Gasteiger partial charge in [0, 0.05) is 4.47 Å². The molecule has 0 aliphatic carbocycles. The Balaban J connectivity index is 3.53. The number of benzene rings is 1. The third kappa shape index (κ3) is 1.78. The van der Waals surface area contributed by atoms with Crippen molar-refractivity contribution >= 4 is 37.8 Å². The first-order valence-electron chi connectivity index (χ1n) is 3.08. The summed E-state index contributed by atoms with van der Waals surface area (Å²) in [4.78, 5) is 10.6. The van der Waals surface area contributed by atoms with E-state index in [0.717, 1.165) is 0 Å². The summed E-state index contributed by atoms with van der Waals surface area (Å²) in [5, 5.41) is 27.1. The quantitative estimate of drug-likeness (QED) is 0.744. The zero-order valence-electron chi connectivity index (χ0n) is 6.08. The lowest BCUT2D eigenvalue weighted by Crippen LogP contribution is -1.98. The predicted octanol–water partition coefficient (Wildman–Crippen LogP) is 2.32. The van der Waals surface area contributed by atoms with Crippen molar-refractivity contribution in [2.24, 2.45) is 0 Å². The maximum absolute atomic E-state index is 10.6. The lowest BCUT2D eigenvalue weighted by Gasteiger charge is -2.06. The molecule has 0 atom stereocenters. The Bertz CT molecular complexity index is 375. The van der Waals surface area contributed by atoms with E-state index in [1.54, 1.807) is 0 Å². The fraction of sp³-hybridized carbons (Fsp3) is 0. The molecular formula is C7H4Br2O4. The third-order valence-electron chi connectivity index (χ3n) is 1.39. The smallest absolute Gasteiger partial charge is 0.340 e. The lowest BCUT2D eigenvalue weighted by molar-refractivity contribution is 0.0692. The van der Waals surface area contributed by atoms with Gasteiger partial charge in [0.05, 0.1) is 0 Å².